The summed E-state index contributed by atoms with van der Waals surface area (Å²) in [4.78, 5) is 2.25. The van der Waals surface area contributed by atoms with Crippen molar-refractivity contribution in [3.05, 3.63) is 71.5 Å². The van der Waals surface area contributed by atoms with E-state index in [9.17, 15) is 4.39 Å². The summed E-state index contributed by atoms with van der Waals surface area (Å²) < 4.78 is 13.8. The maximum absolute atomic E-state index is 13.8. The van der Waals surface area contributed by atoms with Crippen molar-refractivity contribution in [3.63, 3.8) is 0 Å². The van der Waals surface area contributed by atoms with Gasteiger partial charge < -0.3 is 10.2 Å². The van der Waals surface area contributed by atoms with Crippen molar-refractivity contribution >= 4 is 0 Å². The molecule has 0 bridgehead atoms. The summed E-state index contributed by atoms with van der Waals surface area (Å²) >= 11 is 0. The van der Waals surface area contributed by atoms with Gasteiger partial charge in [-0.3, -0.25) is 0 Å². The molecule has 2 aromatic carbocycles. The molecule has 23 heavy (non-hydrogen) atoms. The van der Waals surface area contributed by atoms with Crippen LogP contribution in [-0.2, 0) is 0 Å². The normalized spacial score (nSPS) is 21.9. The summed E-state index contributed by atoms with van der Waals surface area (Å²) in [7, 11) is 4.23. The van der Waals surface area contributed by atoms with Crippen molar-refractivity contribution in [2.24, 2.45) is 0 Å². The lowest BCUT2D eigenvalue weighted by atomic mass is 9.75. The lowest BCUT2D eigenvalue weighted by Gasteiger charge is -2.38. The summed E-state index contributed by atoms with van der Waals surface area (Å²) in [5.74, 6) is 0.301. The Morgan fingerprint density at radius 1 is 1.04 bits per heavy atom. The Kier molecular flexibility index (Phi) is 5.09. The largest absolute Gasteiger partial charge is 0.312 e. The molecule has 0 aliphatic heterocycles. The molecule has 1 fully saturated rings. The molecular formula is C20H25FN2. The third kappa shape index (κ3) is 3.80. The maximum Gasteiger partial charge on any atom is 0.126 e. The second-order valence-corrected chi connectivity index (χ2v) is 6.69. The molecule has 0 amide bonds. The second kappa shape index (κ2) is 7.24. The van der Waals surface area contributed by atoms with E-state index in [1.165, 1.54) is 5.56 Å². The van der Waals surface area contributed by atoms with Gasteiger partial charge in [0.2, 0.25) is 0 Å². The lowest BCUT2D eigenvalue weighted by molar-refractivity contribution is 0.235. The van der Waals surface area contributed by atoms with Crippen molar-refractivity contribution < 1.29 is 4.39 Å². The molecule has 0 radical (unpaired) electrons. The van der Waals surface area contributed by atoms with E-state index in [0.29, 0.717) is 18.0 Å². The van der Waals surface area contributed by atoms with Crippen LogP contribution >= 0.6 is 0 Å². The van der Waals surface area contributed by atoms with Crippen LogP contribution in [0.3, 0.4) is 0 Å². The van der Waals surface area contributed by atoms with Crippen molar-refractivity contribution in [2.75, 3.05) is 20.6 Å². The molecule has 3 rings (SSSR count). The van der Waals surface area contributed by atoms with Gasteiger partial charge in [0.05, 0.1) is 0 Å². The van der Waals surface area contributed by atoms with Gasteiger partial charge in [-0.2, -0.15) is 0 Å². The van der Waals surface area contributed by atoms with Gasteiger partial charge in [-0.05, 0) is 50.0 Å². The summed E-state index contributed by atoms with van der Waals surface area (Å²) in [6.07, 6.45) is 2.05. The molecule has 3 heteroatoms. The molecule has 1 unspecified atom stereocenters. The van der Waals surface area contributed by atoms with Crippen LogP contribution in [0, 0.1) is 5.82 Å². The van der Waals surface area contributed by atoms with E-state index in [-0.39, 0.29) is 5.82 Å². The minimum Gasteiger partial charge on any atom is -0.312 e. The Morgan fingerprint density at radius 3 is 2.35 bits per heavy atom. The van der Waals surface area contributed by atoms with Crippen LogP contribution in [-0.4, -0.2) is 31.6 Å². The predicted molar refractivity (Wildman–Crippen MR) is 93.0 cm³/mol. The van der Waals surface area contributed by atoms with E-state index in [0.717, 1.165) is 24.9 Å². The molecule has 2 aromatic rings. The van der Waals surface area contributed by atoms with Crippen molar-refractivity contribution in [1.29, 1.82) is 0 Å². The first kappa shape index (κ1) is 16.2. The average Bonchev–Trinajstić information content (AvgIpc) is 2.51. The predicted octanol–water partition coefficient (Wildman–Crippen LogP) is 3.96. The van der Waals surface area contributed by atoms with Gasteiger partial charge >= 0.3 is 0 Å². The molecule has 1 aliphatic rings. The molecule has 0 heterocycles. The highest BCUT2D eigenvalue weighted by atomic mass is 19.1. The first-order valence-corrected chi connectivity index (χ1v) is 8.34. The zero-order valence-corrected chi connectivity index (χ0v) is 13.9. The SMILES string of the molecule is CN(C)C(CNC1CC(c2ccccc2F)C1)c1ccccc1. The van der Waals surface area contributed by atoms with Gasteiger partial charge in [0, 0.05) is 18.6 Å². The number of hydrogen-bond acceptors (Lipinski definition) is 2. The van der Waals surface area contributed by atoms with Crippen LogP contribution in [0.15, 0.2) is 54.6 Å². The summed E-state index contributed by atoms with van der Waals surface area (Å²) in [5, 5.41) is 3.65. The summed E-state index contributed by atoms with van der Waals surface area (Å²) in [5.41, 5.74) is 2.20. The highest BCUT2D eigenvalue weighted by molar-refractivity contribution is 5.25. The molecular weight excluding hydrogens is 287 g/mol. The molecule has 0 spiro atoms. The Hall–Kier alpha value is -1.71. The summed E-state index contributed by atoms with van der Waals surface area (Å²) in [6.45, 7) is 0.922. The molecule has 0 saturated heterocycles. The molecule has 1 atom stereocenters. The monoisotopic (exact) mass is 312 g/mol. The van der Waals surface area contributed by atoms with Crippen molar-refractivity contribution in [2.45, 2.75) is 30.8 Å². The Balaban J connectivity index is 1.53. The molecule has 1 N–H and O–H groups in total. The van der Waals surface area contributed by atoms with Gasteiger partial charge in [0.1, 0.15) is 5.82 Å². The average molecular weight is 312 g/mol. The minimum atomic E-state index is -0.0635. The third-order valence-electron chi connectivity index (χ3n) is 4.89. The Labute approximate surface area is 138 Å². The van der Waals surface area contributed by atoms with Gasteiger partial charge in [-0.1, -0.05) is 48.5 Å². The van der Waals surface area contributed by atoms with Crippen LogP contribution in [0.1, 0.15) is 35.9 Å². The number of hydrogen-bond donors (Lipinski definition) is 1. The van der Waals surface area contributed by atoms with Gasteiger partial charge in [-0.25, -0.2) is 4.39 Å². The number of nitrogens with one attached hydrogen (secondary N) is 1. The quantitative estimate of drug-likeness (QED) is 0.868. The molecule has 2 nitrogen and oxygen atoms in total. The zero-order chi connectivity index (χ0) is 16.2. The highest BCUT2D eigenvalue weighted by Crippen LogP contribution is 2.38. The van der Waals surface area contributed by atoms with E-state index in [1.807, 2.05) is 12.1 Å². The van der Waals surface area contributed by atoms with Crippen LogP contribution in [0.2, 0.25) is 0 Å². The van der Waals surface area contributed by atoms with E-state index >= 15 is 0 Å². The number of likely N-dealkylation sites (N-methyl/N-ethyl adjacent to an activating group) is 1. The third-order valence-corrected chi connectivity index (χ3v) is 4.89. The second-order valence-electron chi connectivity index (χ2n) is 6.69. The lowest BCUT2D eigenvalue weighted by Crippen LogP contribution is -2.43. The van der Waals surface area contributed by atoms with Crippen LogP contribution < -0.4 is 5.32 Å². The first-order chi connectivity index (χ1) is 11.1. The zero-order valence-electron chi connectivity index (χ0n) is 13.9. The van der Waals surface area contributed by atoms with Crippen molar-refractivity contribution in [3.8, 4) is 0 Å². The minimum absolute atomic E-state index is 0.0635. The standard InChI is InChI=1S/C20H25FN2/c1-23(2)20(15-8-4-3-5-9-15)14-22-17-12-16(13-17)18-10-6-7-11-19(18)21/h3-11,16-17,20,22H,12-14H2,1-2H3. The number of rotatable bonds is 6. The Bertz CT molecular complexity index is 621. The molecule has 122 valence electrons. The number of benzene rings is 2. The smallest absolute Gasteiger partial charge is 0.126 e. The van der Waals surface area contributed by atoms with Crippen LogP contribution in [0.5, 0.6) is 0 Å². The number of nitrogens with zero attached hydrogens (tertiary/aromatic N) is 1. The topological polar surface area (TPSA) is 15.3 Å². The van der Waals surface area contributed by atoms with Crippen LogP contribution in [0.25, 0.3) is 0 Å². The first-order valence-electron chi connectivity index (χ1n) is 8.34. The molecule has 1 saturated carbocycles. The van der Waals surface area contributed by atoms with E-state index in [4.69, 9.17) is 0 Å². The van der Waals surface area contributed by atoms with E-state index in [1.54, 1.807) is 12.1 Å². The summed E-state index contributed by atoms with van der Waals surface area (Å²) in [6, 6.07) is 18.6. The van der Waals surface area contributed by atoms with Crippen LogP contribution in [0.4, 0.5) is 4.39 Å². The van der Waals surface area contributed by atoms with Gasteiger partial charge in [-0.15, -0.1) is 0 Å². The van der Waals surface area contributed by atoms with Crippen molar-refractivity contribution in [1.82, 2.24) is 10.2 Å². The highest BCUT2D eigenvalue weighted by Gasteiger charge is 2.32. The van der Waals surface area contributed by atoms with Gasteiger partial charge in [0.25, 0.3) is 0 Å². The molecule has 0 aromatic heterocycles. The fourth-order valence-corrected chi connectivity index (χ4v) is 3.40. The maximum atomic E-state index is 13.8. The fourth-order valence-electron chi connectivity index (χ4n) is 3.40. The fraction of sp³-hybridized carbons (Fsp3) is 0.400. The molecule has 1 aliphatic carbocycles. The Morgan fingerprint density at radius 2 is 1.70 bits per heavy atom. The van der Waals surface area contributed by atoms with E-state index in [2.05, 4.69) is 54.6 Å². The van der Waals surface area contributed by atoms with E-state index < -0.39 is 0 Å². The number of halogens is 1. The van der Waals surface area contributed by atoms with Gasteiger partial charge in [0.15, 0.2) is 0 Å².